The minimum absolute atomic E-state index is 0.0186. The molecule has 134 valence electrons. The largest absolute Gasteiger partial charge is 0.344 e. The number of anilines is 1. The SMILES string of the molecule is C[C@H](NC(=O)[C@@H]1CC(=O)N(c2ccccc2F)C1)C(=O)N1CCCC1. The first-order valence-corrected chi connectivity index (χ1v) is 8.61. The summed E-state index contributed by atoms with van der Waals surface area (Å²) < 4.78 is 13.9. The van der Waals surface area contributed by atoms with Crippen LogP contribution in [0.4, 0.5) is 10.1 Å². The van der Waals surface area contributed by atoms with Crippen LogP contribution in [0.15, 0.2) is 24.3 Å². The molecule has 2 aliphatic rings. The van der Waals surface area contributed by atoms with E-state index >= 15 is 0 Å². The monoisotopic (exact) mass is 347 g/mol. The van der Waals surface area contributed by atoms with Crippen molar-refractivity contribution in [2.75, 3.05) is 24.5 Å². The van der Waals surface area contributed by atoms with Gasteiger partial charge in [0.15, 0.2) is 0 Å². The second kappa shape index (κ2) is 7.21. The predicted molar refractivity (Wildman–Crippen MR) is 90.3 cm³/mol. The fraction of sp³-hybridized carbons (Fsp3) is 0.500. The van der Waals surface area contributed by atoms with E-state index in [2.05, 4.69) is 5.32 Å². The molecule has 25 heavy (non-hydrogen) atoms. The van der Waals surface area contributed by atoms with Crippen molar-refractivity contribution in [2.24, 2.45) is 5.92 Å². The highest BCUT2D eigenvalue weighted by molar-refractivity contribution is 6.01. The number of hydrogen-bond acceptors (Lipinski definition) is 3. The number of para-hydroxylation sites is 1. The third-order valence-electron chi connectivity index (χ3n) is 4.79. The maximum absolute atomic E-state index is 13.9. The van der Waals surface area contributed by atoms with Crippen molar-refractivity contribution in [3.63, 3.8) is 0 Å². The van der Waals surface area contributed by atoms with Crippen molar-refractivity contribution < 1.29 is 18.8 Å². The molecule has 6 nitrogen and oxygen atoms in total. The maximum atomic E-state index is 13.9. The van der Waals surface area contributed by atoms with Crippen molar-refractivity contribution >= 4 is 23.4 Å². The third kappa shape index (κ3) is 3.65. The molecule has 0 aliphatic carbocycles. The van der Waals surface area contributed by atoms with Gasteiger partial charge < -0.3 is 15.1 Å². The van der Waals surface area contributed by atoms with E-state index in [-0.39, 0.29) is 36.4 Å². The lowest BCUT2D eigenvalue weighted by molar-refractivity contribution is -0.136. The highest BCUT2D eigenvalue weighted by Crippen LogP contribution is 2.27. The molecule has 7 heteroatoms. The normalized spacial score (nSPS) is 21.5. The number of carbonyl (C=O) groups is 3. The summed E-state index contributed by atoms with van der Waals surface area (Å²) in [5.74, 6) is -1.80. The Labute approximate surface area is 146 Å². The second-order valence-corrected chi connectivity index (χ2v) is 6.62. The highest BCUT2D eigenvalue weighted by Gasteiger charge is 2.37. The zero-order chi connectivity index (χ0) is 18.0. The minimum Gasteiger partial charge on any atom is -0.344 e. The highest BCUT2D eigenvalue weighted by atomic mass is 19.1. The first-order valence-electron chi connectivity index (χ1n) is 8.61. The number of hydrogen-bond donors (Lipinski definition) is 1. The Morgan fingerprint density at radius 2 is 1.92 bits per heavy atom. The first-order chi connectivity index (χ1) is 12.0. The predicted octanol–water partition coefficient (Wildman–Crippen LogP) is 1.31. The van der Waals surface area contributed by atoms with E-state index in [4.69, 9.17) is 0 Å². The minimum atomic E-state index is -0.622. The van der Waals surface area contributed by atoms with Crippen molar-refractivity contribution in [3.05, 3.63) is 30.1 Å². The average molecular weight is 347 g/mol. The zero-order valence-electron chi connectivity index (χ0n) is 14.2. The molecule has 2 heterocycles. The summed E-state index contributed by atoms with van der Waals surface area (Å²) in [6.45, 7) is 3.23. The summed E-state index contributed by atoms with van der Waals surface area (Å²) in [6.07, 6.45) is 1.99. The first kappa shape index (κ1) is 17.4. The van der Waals surface area contributed by atoms with Gasteiger partial charge in [0.2, 0.25) is 17.7 Å². The molecule has 2 saturated heterocycles. The molecule has 0 bridgehead atoms. The number of rotatable bonds is 4. The van der Waals surface area contributed by atoms with Gasteiger partial charge in [-0.05, 0) is 31.9 Å². The average Bonchev–Trinajstić information content (AvgIpc) is 3.24. The molecule has 2 aliphatic heterocycles. The zero-order valence-corrected chi connectivity index (χ0v) is 14.2. The summed E-state index contributed by atoms with van der Waals surface area (Å²) in [6, 6.07) is 5.38. The van der Waals surface area contributed by atoms with Gasteiger partial charge in [0, 0.05) is 26.1 Å². The third-order valence-corrected chi connectivity index (χ3v) is 4.79. The van der Waals surface area contributed by atoms with Crippen LogP contribution < -0.4 is 10.2 Å². The van der Waals surface area contributed by atoms with E-state index in [0.29, 0.717) is 0 Å². The van der Waals surface area contributed by atoms with Gasteiger partial charge in [-0.25, -0.2) is 4.39 Å². The summed E-state index contributed by atoms with van der Waals surface area (Å²) in [4.78, 5) is 39.9. The van der Waals surface area contributed by atoms with Crippen LogP contribution in [0.5, 0.6) is 0 Å². The van der Waals surface area contributed by atoms with Crippen LogP contribution in [0.1, 0.15) is 26.2 Å². The fourth-order valence-corrected chi connectivity index (χ4v) is 3.39. The molecule has 1 aromatic carbocycles. The molecule has 3 amide bonds. The van der Waals surface area contributed by atoms with E-state index in [0.717, 1.165) is 25.9 Å². The standard InChI is InChI=1S/C18H22FN3O3/c1-12(18(25)21-8-4-5-9-21)20-17(24)13-10-16(23)22(11-13)15-7-3-2-6-14(15)19/h2-3,6-7,12-13H,4-5,8-11H2,1H3,(H,20,24)/t12-,13+/m0/s1. The molecule has 0 aromatic heterocycles. The lowest BCUT2D eigenvalue weighted by Gasteiger charge is -2.22. The van der Waals surface area contributed by atoms with E-state index in [9.17, 15) is 18.8 Å². The Bertz CT molecular complexity index is 688. The van der Waals surface area contributed by atoms with E-state index in [1.165, 1.54) is 17.0 Å². The van der Waals surface area contributed by atoms with Crippen molar-refractivity contribution in [2.45, 2.75) is 32.2 Å². The maximum Gasteiger partial charge on any atom is 0.244 e. The van der Waals surface area contributed by atoms with Crippen LogP contribution in [0.25, 0.3) is 0 Å². The van der Waals surface area contributed by atoms with Crippen molar-refractivity contribution in [3.8, 4) is 0 Å². The Morgan fingerprint density at radius 3 is 2.60 bits per heavy atom. The lowest BCUT2D eigenvalue weighted by atomic mass is 10.1. The van der Waals surface area contributed by atoms with Gasteiger partial charge in [0.25, 0.3) is 0 Å². The number of nitrogens with zero attached hydrogens (tertiary/aromatic N) is 2. The molecule has 0 spiro atoms. The number of amides is 3. The van der Waals surface area contributed by atoms with E-state index in [1.807, 2.05) is 0 Å². The molecule has 3 rings (SSSR count). The van der Waals surface area contributed by atoms with Gasteiger partial charge in [0.1, 0.15) is 11.9 Å². The van der Waals surface area contributed by atoms with E-state index in [1.54, 1.807) is 24.0 Å². The van der Waals surface area contributed by atoms with Crippen LogP contribution in [-0.4, -0.2) is 48.3 Å². The Morgan fingerprint density at radius 1 is 1.24 bits per heavy atom. The van der Waals surface area contributed by atoms with Gasteiger partial charge in [0.05, 0.1) is 11.6 Å². The van der Waals surface area contributed by atoms with Crippen molar-refractivity contribution in [1.29, 1.82) is 0 Å². The second-order valence-electron chi connectivity index (χ2n) is 6.62. The summed E-state index contributed by atoms with van der Waals surface area (Å²) in [5.41, 5.74) is 0.184. The number of benzene rings is 1. The van der Waals surface area contributed by atoms with Gasteiger partial charge in [-0.3, -0.25) is 14.4 Å². The van der Waals surface area contributed by atoms with Crippen LogP contribution in [0, 0.1) is 11.7 Å². The Balaban J connectivity index is 1.61. The Kier molecular flexibility index (Phi) is 5.01. The van der Waals surface area contributed by atoms with Crippen LogP contribution >= 0.6 is 0 Å². The van der Waals surface area contributed by atoms with E-state index < -0.39 is 17.8 Å². The van der Waals surface area contributed by atoms with Gasteiger partial charge >= 0.3 is 0 Å². The summed E-state index contributed by atoms with van der Waals surface area (Å²) in [5, 5.41) is 2.70. The Hall–Kier alpha value is -2.44. The molecule has 1 N–H and O–H groups in total. The lowest BCUT2D eigenvalue weighted by Crippen LogP contribution is -2.48. The molecule has 0 unspecified atom stereocenters. The summed E-state index contributed by atoms with van der Waals surface area (Å²) in [7, 11) is 0. The van der Waals surface area contributed by atoms with Gasteiger partial charge in [-0.15, -0.1) is 0 Å². The number of halogens is 1. The van der Waals surface area contributed by atoms with Crippen LogP contribution in [0.3, 0.4) is 0 Å². The molecule has 0 radical (unpaired) electrons. The number of nitrogens with one attached hydrogen (secondary N) is 1. The molecular formula is C18H22FN3O3. The van der Waals surface area contributed by atoms with Crippen LogP contribution in [0.2, 0.25) is 0 Å². The molecular weight excluding hydrogens is 325 g/mol. The number of carbonyl (C=O) groups excluding carboxylic acids is 3. The quantitative estimate of drug-likeness (QED) is 0.893. The molecule has 2 atom stereocenters. The smallest absolute Gasteiger partial charge is 0.244 e. The number of likely N-dealkylation sites (tertiary alicyclic amines) is 1. The van der Waals surface area contributed by atoms with Gasteiger partial charge in [-0.2, -0.15) is 0 Å². The fourth-order valence-electron chi connectivity index (χ4n) is 3.39. The van der Waals surface area contributed by atoms with Crippen LogP contribution in [-0.2, 0) is 14.4 Å². The molecule has 2 fully saturated rings. The summed E-state index contributed by atoms with van der Waals surface area (Å²) >= 11 is 0. The molecule has 1 aromatic rings. The topological polar surface area (TPSA) is 69.7 Å². The van der Waals surface area contributed by atoms with Gasteiger partial charge in [-0.1, -0.05) is 12.1 Å². The van der Waals surface area contributed by atoms with Crippen molar-refractivity contribution in [1.82, 2.24) is 10.2 Å². The molecule has 0 saturated carbocycles.